The lowest BCUT2D eigenvalue weighted by molar-refractivity contribution is -0.155. The van der Waals surface area contributed by atoms with Crippen LogP contribution in [0.1, 0.15) is 46.4 Å². The van der Waals surface area contributed by atoms with Crippen molar-refractivity contribution in [3.05, 3.63) is 29.8 Å². The molecule has 0 bridgehead atoms. The van der Waals surface area contributed by atoms with Gasteiger partial charge in [-0.3, -0.25) is 10.1 Å². The number of esters is 1. The minimum atomic E-state index is -1.10. The Morgan fingerprint density at radius 2 is 1.72 bits per heavy atom. The predicted octanol–water partition coefficient (Wildman–Crippen LogP) is 1.45. The number of aliphatic hydroxyl groups is 1. The first-order valence-electron chi connectivity index (χ1n) is 8.33. The summed E-state index contributed by atoms with van der Waals surface area (Å²) in [5.74, 6) is -0.962. The maximum Gasteiger partial charge on any atom is 0.329 e. The number of para-hydroxylation sites is 1. The van der Waals surface area contributed by atoms with Crippen LogP contribution in [-0.4, -0.2) is 40.3 Å². The highest BCUT2D eigenvalue weighted by Crippen LogP contribution is 2.22. The summed E-state index contributed by atoms with van der Waals surface area (Å²) in [5.41, 5.74) is 0.339. The molecule has 0 aromatic heterocycles. The Bertz CT molecular complexity index is 591. The van der Waals surface area contributed by atoms with Gasteiger partial charge in [0, 0.05) is 18.5 Å². The standard InChI is InChI=1S/C18H28N2O5/c1-10(2)16(20-13(5)21)18(24)25-12(4)11(3)19-17(23)14-8-6-7-9-15(14)22/h6-12,16-17,19,22-23H,1-5H3,(H,20,21). The quantitative estimate of drug-likeness (QED) is 0.417. The monoisotopic (exact) mass is 352 g/mol. The van der Waals surface area contributed by atoms with Crippen LogP contribution in [0, 0.1) is 5.92 Å². The van der Waals surface area contributed by atoms with Gasteiger partial charge in [-0.25, -0.2) is 4.79 Å². The van der Waals surface area contributed by atoms with Crippen molar-refractivity contribution in [2.75, 3.05) is 0 Å². The second-order valence-electron chi connectivity index (χ2n) is 6.48. The smallest absolute Gasteiger partial charge is 0.329 e. The molecule has 0 fully saturated rings. The molecule has 25 heavy (non-hydrogen) atoms. The van der Waals surface area contributed by atoms with Crippen LogP contribution in [-0.2, 0) is 14.3 Å². The molecule has 1 rings (SSSR count). The molecule has 0 saturated heterocycles. The highest BCUT2D eigenvalue weighted by atomic mass is 16.5. The normalized spacial score (nSPS) is 16.0. The number of aliphatic hydroxyl groups excluding tert-OH is 1. The van der Waals surface area contributed by atoms with E-state index in [-0.39, 0.29) is 23.6 Å². The summed E-state index contributed by atoms with van der Waals surface area (Å²) in [5, 5.41) is 25.4. The van der Waals surface area contributed by atoms with E-state index >= 15 is 0 Å². The van der Waals surface area contributed by atoms with Crippen LogP contribution in [0.3, 0.4) is 0 Å². The van der Waals surface area contributed by atoms with Crippen molar-refractivity contribution in [2.24, 2.45) is 5.92 Å². The largest absolute Gasteiger partial charge is 0.508 e. The van der Waals surface area contributed by atoms with E-state index in [1.807, 2.05) is 13.8 Å². The minimum Gasteiger partial charge on any atom is -0.508 e. The van der Waals surface area contributed by atoms with Gasteiger partial charge in [-0.2, -0.15) is 0 Å². The van der Waals surface area contributed by atoms with Crippen LogP contribution >= 0.6 is 0 Å². The summed E-state index contributed by atoms with van der Waals surface area (Å²) >= 11 is 0. The van der Waals surface area contributed by atoms with Crippen molar-refractivity contribution in [3.63, 3.8) is 0 Å². The van der Waals surface area contributed by atoms with Gasteiger partial charge in [-0.15, -0.1) is 0 Å². The van der Waals surface area contributed by atoms with Gasteiger partial charge in [0.25, 0.3) is 0 Å². The highest BCUT2D eigenvalue weighted by molar-refractivity contribution is 5.83. The molecular formula is C18H28N2O5. The van der Waals surface area contributed by atoms with E-state index in [4.69, 9.17) is 4.74 Å². The average molecular weight is 352 g/mol. The number of rotatable bonds is 8. The Morgan fingerprint density at radius 1 is 1.12 bits per heavy atom. The van der Waals surface area contributed by atoms with Gasteiger partial charge < -0.3 is 20.3 Å². The van der Waals surface area contributed by atoms with Gasteiger partial charge in [0.15, 0.2) is 0 Å². The molecule has 7 nitrogen and oxygen atoms in total. The summed E-state index contributed by atoms with van der Waals surface area (Å²) in [4.78, 5) is 23.5. The number of ether oxygens (including phenoxy) is 1. The first-order valence-corrected chi connectivity index (χ1v) is 8.33. The molecule has 0 spiro atoms. The lowest BCUT2D eigenvalue weighted by Gasteiger charge is -2.27. The molecule has 0 aliphatic heterocycles. The molecule has 0 radical (unpaired) electrons. The van der Waals surface area contributed by atoms with Gasteiger partial charge in [0.2, 0.25) is 5.91 Å². The molecule has 140 valence electrons. The summed E-state index contributed by atoms with van der Waals surface area (Å²) in [7, 11) is 0. The Kier molecular flexibility index (Phi) is 7.86. The lowest BCUT2D eigenvalue weighted by atomic mass is 10.0. The van der Waals surface area contributed by atoms with E-state index in [2.05, 4.69) is 10.6 Å². The van der Waals surface area contributed by atoms with Crippen LogP contribution in [0.4, 0.5) is 0 Å². The third-order valence-electron chi connectivity index (χ3n) is 3.94. The second-order valence-corrected chi connectivity index (χ2v) is 6.48. The fourth-order valence-electron chi connectivity index (χ4n) is 2.27. The van der Waals surface area contributed by atoms with Crippen LogP contribution in [0.15, 0.2) is 24.3 Å². The molecule has 1 amide bonds. The van der Waals surface area contributed by atoms with Crippen molar-refractivity contribution in [2.45, 2.75) is 59.0 Å². The predicted molar refractivity (Wildman–Crippen MR) is 93.7 cm³/mol. The van der Waals surface area contributed by atoms with Crippen molar-refractivity contribution >= 4 is 11.9 Å². The molecule has 7 heteroatoms. The van der Waals surface area contributed by atoms with E-state index in [1.54, 1.807) is 32.0 Å². The van der Waals surface area contributed by atoms with Crippen LogP contribution in [0.2, 0.25) is 0 Å². The second kappa shape index (κ2) is 9.39. The van der Waals surface area contributed by atoms with E-state index < -0.39 is 24.3 Å². The topological polar surface area (TPSA) is 108 Å². The number of phenols is 1. The molecule has 4 atom stereocenters. The number of hydrogen-bond acceptors (Lipinski definition) is 6. The summed E-state index contributed by atoms with van der Waals surface area (Å²) < 4.78 is 5.41. The van der Waals surface area contributed by atoms with E-state index in [1.165, 1.54) is 13.0 Å². The zero-order valence-corrected chi connectivity index (χ0v) is 15.3. The Balaban J connectivity index is 2.66. The van der Waals surface area contributed by atoms with Gasteiger partial charge in [-0.1, -0.05) is 32.0 Å². The SMILES string of the molecule is CC(=O)NC(C(=O)OC(C)C(C)NC(O)c1ccccc1O)C(C)C. The number of hydrogen-bond donors (Lipinski definition) is 4. The third kappa shape index (κ3) is 6.36. The van der Waals surface area contributed by atoms with Crippen molar-refractivity contribution in [1.82, 2.24) is 10.6 Å². The average Bonchev–Trinajstić information content (AvgIpc) is 2.52. The maximum absolute atomic E-state index is 12.3. The van der Waals surface area contributed by atoms with Crippen molar-refractivity contribution in [1.29, 1.82) is 0 Å². The first kappa shape index (κ1) is 20.9. The molecule has 0 heterocycles. The zero-order chi connectivity index (χ0) is 19.1. The summed E-state index contributed by atoms with van der Waals surface area (Å²) in [6.07, 6.45) is -1.66. The number of aromatic hydroxyl groups is 1. The molecule has 1 aromatic rings. The molecule has 1 aromatic carbocycles. The number of phenolic OH excluding ortho intramolecular Hbond substituents is 1. The van der Waals surface area contributed by atoms with Crippen LogP contribution in [0.5, 0.6) is 5.75 Å². The highest BCUT2D eigenvalue weighted by Gasteiger charge is 2.28. The fourth-order valence-corrected chi connectivity index (χ4v) is 2.27. The van der Waals surface area contributed by atoms with E-state index in [0.29, 0.717) is 5.56 Å². The number of carbonyl (C=O) groups excluding carboxylic acids is 2. The van der Waals surface area contributed by atoms with Crippen LogP contribution < -0.4 is 10.6 Å². The molecule has 4 N–H and O–H groups in total. The number of carbonyl (C=O) groups is 2. The van der Waals surface area contributed by atoms with E-state index in [0.717, 1.165) is 0 Å². The molecule has 0 saturated carbocycles. The first-order chi connectivity index (χ1) is 11.6. The summed E-state index contributed by atoms with van der Waals surface area (Å²) in [6, 6.07) is 5.33. The van der Waals surface area contributed by atoms with Gasteiger partial charge in [-0.05, 0) is 25.8 Å². The van der Waals surface area contributed by atoms with Gasteiger partial charge >= 0.3 is 5.97 Å². The molecule has 4 unspecified atom stereocenters. The van der Waals surface area contributed by atoms with Crippen LogP contribution in [0.25, 0.3) is 0 Å². The molecule has 0 aliphatic carbocycles. The lowest BCUT2D eigenvalue weighted by Crippen LogP contribution is -2.48. The number of benzene rings is 1. The number of amides is 1. The Morgan fingerprint density at radius 3 is 2.24 bits per heavy atom. The molecule has 0 aliphatic rings. The van der Waals surface area contributed by atoms with E-state index in [9.17, 15) is 19.8 Å². The third-order valence-corrected chi connectivity index (χ3v) is 3.94. The minimum absolute atomic E-state index is 0.0233. The van der Waals surface area contributed by atoms with Gasteiger partial charge in [0.1, 0.15) is 24.1 Å². The van der Waals surface area contributed by atoms with Crippen molar-refractivity contribution < 1.29 is 24.5 Å². The van der Waals surface area contributed by atoms with Crippen molar-refractivity contribution in [3.8, 4) is 5.75 Å². The summed E-state index contributed by atoms with van der Waals surface area (Å²) in [6.45, 7) is 8.42. The Hall–Kier alpha value is -2.12. The zero-order valence-electron chi connectivity index (χ0n) is 15.3. The molecular weight excluding hydrogens is 324 g/mol. The fraction of sp³-hybridized carbons (Fsp3) is 0.556. The maximum atomic E-state index is 12.3. The Labute approximate surface area is 148 Å². The van der Waals surface area contributed by atoms with Gasteiger partial charge in [0.05, 0.1) is 0 Å². The number of nitrogens with one attached hydrogen (secondary N) is 2.